The summed E-state index contributed by atoms with van der Waals surface area (Å²) in [5.41, 5.74) is 3.39. The van der Waals surface area contributed by atoms with Crippen molar-refractivity contribution in [3.05, 3.63) is 71.3 Å². The van der Waals surface area contributed by atoms with Crippen LogP contribution in [0.25, 0.3) is 10.9 Å². The summed E-state index contributed by atoms with van der Waals surface area (Å²) >= 11 is 0. The Kier molecular flexibility index (Phi) is 5.44. The van der Waals surface area contributed by atoms with Crippen LogP contribution in [0, 0.1) is 18.3 Å². The number of carbonyl (C=O) groups is 1. The highest BCUT2D eigenvalue weighted by molar-refractivity contribution is 5.94. The van der Waals surface area contributed by atoms with Crippen molar-refractivity contribution >= 4 is 22.6 Å². The predicted molar refractivity (Wildman–Crippen MR) is 115 cm³/mol. The van der Waals surface area contributed by atoms with Crippen LogP contribution in [0.15, 0.2) is 54.6 Å². The van der Waals surface area contributed by atoms with Crippen LogP contribution in [0.5, 0.6) is 0 Å². The zero-order valence-electron chi connectivity index (χ0n) is 16.5. The number of nitriles is 1. The van der Waals surface area contributed by atoms with Crippen molar-refractivity contribution in [1.29, 1.82) is 5.26 Å². The number of nitrogens with zero attached hydrogens (tertiary/aromatic N) is 2. The molecule has 5 heteroatoms. The molecule has 1 aliphatic carbocycles. The molecule has 29 heavy (non-hydrogen) atoms. The average molecular weight is 384 g/mol. The number of hydrogen-bond donors (Lipinski definition) is 2. The standard InChI is InChI=1S/C24H24N4O/c1-16-14-23(28-22-5-3-2-4-21(16)22)26-19-10-12-20(13-11-19)27-24(29)18-8-6-17(15-25)7-9-18/h2-9,14,19-20H,10-13H2,1H3,(H,26,28)(H,27,29). The second-order valence-electron chi connectivity index (χ2n) is 7.70. The third-order valence-corrected chi connectivity index (χ3v) is 5.61. The van der Waals surface area contributed by atoms with Crippen molar-refractivity contribution < 1.29 is 4.79 Å². The Balaban J connectivity index is 1.32. The highest BCUT2D eigenvalue weighted by atomic mass is 16.1. The van der Waals surface area contributed by atoms with Crippen LogP contribution in [-0.2, 0) is 0 Å². The average Bonchev–Trinajstić information content (AvgIpc) is 2.75. The molecule has 3 aromatic rings. The molecule has 1 saturated carbocycles. The highest BCUT2D eigenvalue weighted by Crippen LogP contribution is 2.25. The van der Waals surface area contributed by atoms with E-state index >= 15 is 0 Å². The van der Waals surface area contributed by atoms with E-state index in [9.17, 15) is 4.79 Å². The van der Waals surface area contributed by atoms with Crippen LogP contribution >= 0.6 is 0 Å². The van der Waals surface area contributed by atoms with E-state index in [0.717, 1.165) is 37.0 Å². The molecule has 0 saturated heterocycles. The number of nitrogens with one attached hydrogen (secondary N) is 2. The van der Waals surface area contributed by atoms with Gasteiger partial charge >= 0.3 is 0 Å². The Hall–Kier alpha value is -3.39. The second kappa shape index (κ2) is 8.32. The number of hydrogen-bond acceptors (Lipinski definition) is 4. The molecular formula is C24H24N4O. The maximum absolute atomic E-state index is 12.4. The molecule has 0 aliphatic heterocycles. The van der Waals surface area contributed by atoms with E-state index < -0.39 is 0 Å². The van der Waals surface area contributed by atoms with Crippen LogP contribution in [0.3, 0.4) is 0 Å². The van der Waals surface area contributed by atoms with E-state index in [2.05, 4.69) is 35.8 Å². The summed E-state index contributed by atoms with van der Waals surface area (Å²) in [6.45, 7) is 2.12. The van der Waals surface area contributed by atoms with Crippen LogP contribution in [0.2, 0.25) is 0 Å². The molecule has 1 amide bonds. The van der Waals surface area contributed by atoms with Crippen LogP contribution in [0.1, 0.15) is 47.2 Å². The zero-order chi connectivity index (χ0) is 20.2. The number of carbonyl (C=O) groups excluding carboxylic acids is 1. The third kappa shape index (κ3) is 4.38. The molecule has 146 valence electrons. The van der Waals surface area contributed by atoms with Crippen molar-refractivity contribution in [2.45, 2.75) is 44.7 Å². The quantitative estimate of drug-likeness (QED) is 0.691. The number of pyridine rings is 1. The maximum Gasteiger partial charge on any atom is 0.251 e. The highest BCUT2D eigenvalue weighted by Gasteiger charge is 2.23. The topological polar surface area (TPSA) is 77.8 Å². The fraction of sp³-hybridized carbons (Fsp3) is 0.292. The Bertz CT molecular complexity index is 1060. The molecule has 2 N–H and O–H groups in total. The lowest BCUT2D eigenvalue weighted by Gasteiger charge is -2.30. The van der Waals surface area contributed by atoms with Gasteiger partial charge in [-0.15, -0.1) is 0 Å². The Morgan fingerprint density at radius 1 is 1.03 bits per heavy atom. The Morgan fingerprint density at radius 3 is 2.45 bits per heavy atom. The molecule has 4 rings (SSSR count). The fourth-order valence-electron chi connectivity index (χ4n) is 3.98. The van der Waals surface area contributed by atoms with Gasteiger partial charge in [-0.3, -0.25) is 4.79 Å². The maximum atomic E-state index is 12.4. The second-order valence-corrected chi connectivity index (χ2v) is 7.70. The number of aryl methyl sites for hydroxylation is 1. The van der Waals surface area contributed by atoms with Crippen LogP contribution in [-0.4, -0.2) is 23.0 Å². The van der Waals surface area contributed by atoms with Gasteiger partial charge in [0.1, 0.15) is 5.82 Å². The summed E-state index contributed by atoms with van der Waals surface area (Å²) in [4.78, 5) is 17.2. The van der Waals surface area contributed by atoms with Crippen LogP contribution < -0.4 is 10.6 Å². The molecule has 0 atom stereocenters. The van der Waals surface area contributed by atoms with Crippen molar-refractivity contribution in [1.82, 2.24) is 10.3 Å². The molecule has 0 unspecified atom stereocenters. The van der Waals surface area contributed by atoms with Gasteiger partial charge in [-0.1, -0.05) is 18.2 Å². The normalized spacial score (nSPS) is 18.8. The van der Waals surface area contributed by atoms with Gasteiger partial charge in [0.2, 0.25) is 0 Å². The van der Waals surface area contributed by atoms with E-state index in [4.69, 9.17) is 10.2 Å². The summed E-state index contributed by atoms with van der Waals surface area (Å²) in [5.74, 6) is 0.851. The lowest BCUT2D eigenvalue weighted by molar-refractivity contribution is 0.0926. The molecule has 0 bridgehead atoms. The van der Waals surface area contributed by atoms with E-state index in [1.165, 1.54) is 10.9 Å². The van der Waals surface area contributed by atoms with E-state index in [1.807, 2.05) is 18.2 Å². The number of fused-ring (bicyclic) bond motifs is 1. The molecule has 0 spiro atoms. The molecule has 2 aromatic carbocycles. The van der Waals surface area contributed by atoms with E-state index in [-0.39, 0.29) is 11.9 Å². The Morgan fingerprint density at radius 2 is 1.72 bits per heavy atom. The van der Waals surface area contributed by atoms with Crippen molar-refractivity contribution in [3.8, 4) is 6.07 Å². The lowest BCUT2D eigenvalue weighted by atomic mass is 9.91. The van der Waals surface area contributed by atoms with Gasteiger partial charge in [-0.2, -0.15) is 5.26 Å². The summed E-state index contributed by atoms with van der Waals surface area (Å²) < 4.78 is 0. The number of rotatable bonds is 4. The molecule has 1 fully saturated rings. The number of anilines is 1. The SMILES string of the molecule is Cc1cc(NC2CCC(NC(=O)c3ccc(C#N)cc3)CC2)nc2ccccc12. The van der Waals surface area contributed by atoms with Crippen molar-refractivity contribution in [2.24, 2.45) is 0 Å². The first-order valence-corrected chi connectivity index (χ1v) is 10.1. The fourth-order valence-corrected chi connectivity index (χ4v) is 3.98. The number of aromatic nitrogens is 1. The minimum atomic E-state index is -0.0716. The number of benzene rings is 2. The number of amides is 1. The molecule has 1 aromatic heterocycles. The van der Waals surface area contributed by atoms with E-state index in [1.54, 1.807) is 24.3 Å². The van der Waals surface area contributed by atoms with Crippen molar-refractivity contribution in [3.63, 3.8) is 0 Å². The van der Waals surface area contributed by atoms with Gasteiger partial charge in [-0.25, -0.2) is 4.98 Å². The van der Waals surface area contributed by atoms with Crippen molar-refractivity contribution in [2.75, 3.05) is 5.32 Å². The molecule has 1 heterocycles. The van der Waals surface area contributed by atoms with Crippen LogP contribution in [0.4, 0.5) is 5.82 Å². The summed E-state index contributed by atoms with van der Waals surface area (Å²) in [6, 6.07) is 19.7. The summed E-state index contributed by atoms with van der Waals surface area (Å²) in [7, 11) is 0. The first kappa shape index (κ1) is 18.9. The minimum Gasteiger partial charge on any atom is -0.367 e. The third-order valence-electron chi connectivity index (χ3n) is 5.61. The first-order chi connectivity index (χ1) is 14.1. The molecular weight excluding hydrogens is 360 g/mol. The predicted octanol–water partition coefficient (Wildman–Crippen LogP) is 4.57. The molecule has 0 radical (unpaired) electrons. The molecule has 1 aliphatic rings. The van der Waals surface area contributed by atoms with Gasteiger partial charge < -0.3 is 10.6 Å². The minimum absolute atomic E-state index is 0.0716. The zero-order valence-corrected chi connectivity index (χ0v) is 16.5. The lowest BCUT2D eigenvalue weighted by Crippen LogP contribution is -2.40. The smallest absolute Gasteiger partial charge is 0.251 e. The first-order valence-electron chi connectivity index (χ1n) is 10.1. The van der Waals surface area contributed by atoms with E-state index in [0.29, 0.717) is 17.2 Å². The molecule has 5 nitrogen and oxygen atoms in total. The van der Waals surface area contributed by atoms with Gasteiger partial charge in [0.25, 0.3) is 5.91 Å². The largest absolute Gasteiger partial charge is 0.367 e. The summed E-state index contributed by atoms with van der Waals surface area (Å²) in [6.07, 6.45) is 3.86. The monoisotopic (exact) mass is 384 g/mol. The Labute approximate surface area is 170 Å². The van der Waals surface area contributed by atoms with Gasteiger partial charge in [0, 0.05) is 23.0 Å². The summed E-state index contributed by atoms with van der Waals surface area (Å²) in [5, 5.41) is 16.8. The number of para-hydroxylation sites is 1. The van der Waals surface area contributed by atoms with Gasteiger partial charge in [-0.05, 0) is 74.6 Å². The van der Waals surface area contributed by atoms with Gasteiger partial charge in [0.15, 0.2) is 0 Å². The van der Waals surface area contributed by atoms with Gasteiger partial charge in [0.05, 0.1) is 17.1 Å².